The van der Waals surface area contributed by atoms with Crippen molar-refractivity contribution >= 4 is 11.7 Å². The molecule has 1 aromatic rings. The van der Waals surface area contributed by atoms with Crippen LogP contribution in [0.2, 0.25) is 0 Å². The highest BCUT2D eigenvalue weighted by atomic mass is 16.4. The first-order valence-corrected chi connectivity index (χ1v) is 6.30. The second kappa shape index (κ2) is 5.25. The maximum atomic E-state index is 8.68. The van der Waals surface area contributed by atoms with Gasteiger partial charge in [-0.05, 0) is 30.4 Å². The van der Waals surface area contributed by atoms with E-state index in [0.717, 1.165) is 18.9 Å². The summed E-state index contributed by atoms with van der Waals surface area (Å²) < 4.78 is 0. The zero-order valence-corrected chi connectivity index (χ0v) is 10.9. The smallest absolute Gasteiger partial charge is 0.188 e. The molecule has 0 spiro atoms. The molecule has 2 rings (SSSR count). The molecule has 1 fully saturated rings. The summed E-state index contributed by atoms with van der Waals surface area (Å²) in [5.74, 6) is 2.29. The molecule has 0 aromatic carbocycles. The van der Waals surface area contributed by atoms with Crippen LogP contribution in [0.3, 0.4) is 0 Å². The highest BCUT2D eigenvalue weighted by Gasteiger charge is 2.22. The Morgan fingerprint density at radius 2 is 2.06 bits per heavy atom. The fraction of sp³-hybridized carbons (Fsp3) is 0.538. The molecule has 5 heteroatoms. The summed E-state index contributed by atoms with van der Waals surface area (Å²) in [4.78, 5) is 6.72. The van der Waals surface area contributed by atoms with Gasteiger partial charge in [0, 0.05) is 13.1 Å². The molecule has 1 aliphatic heterocycles. The van der Waals surface area contributed by atoms with Crippen molar-refractivity contribution in [2.75, 3.05) is 18.0 Å². The number of oxime groups is 1. The van der Waals surface area contributed by atoms with Crippen LogP contribution in [-0.2, 0) is 0 Å². The third kappa shape index (κ3) is 2.72. The zero-order chi connectivity index (χ0) is 13.1. The van der Waals surface area contributed by atoms with Crippen LogP contribution in [0, 0.1) is 11.8 Å². The third-order valence-electron chi connectivity index (χ3n) is 3.30. The first-order valence-electron chi connectivity index (χ1n) is 6.30. The molecule has 0 aliphatic carbocycles. The minimum Gasteiger partial charge on any atom is -0.409 e. The van der Waals surface area contributed by atoms with E-state index in [-0.39, 0.29) is 5.84 Å². The minimum absolute atomic E-state index is 0.0509. The normalized spacial score (nSPS) is 25.2. The molecule has 5 nitrogen and oxygen atoms in total. The van der Waals surface area contributed by atoms with Gasteiger partial charge in [-0.15, -0.1) is 0 Å². The Bertz CT molecular complexity index is 436. The van der Waals surface area contributed by atoms with E-state index in [1.165, 1.54) is 6.42 Å². The van der Waals surface area contributed by atoms with Gasteiger partial charge in [-0.2, -0.15) is 0 Å². The largest absolute Gasteiger partial charge is 0.409 e. The van der Waals surface area contributed by atoms with E-state index >= 15 is 0 Å². The first kappa shape index (κ1) is 12.7. The number of amidine groups is 1. The molecule has 0 amide bonds. The van der Waals surface area contributed by atoms with Gasteiger partial charge >= 0.3 is 0 Å². The number of anilines is 1. The standard InChI is InChI=1S/C13H20N4O/c1-9-6-10(2)8-17(7-9)12-5-3-4-11(15-12)13(14)16-18/h3-5,9-10,18H,6-8H2,1-2H3,(H2,14,16). The maximum Gasteiger partial charge on any atom is 0.188 e. The van der Waals surface area contributed by atoms with Crippen molar-refractivity contribution in [3.8, 4) is 0 Å². The number of rotatable bonds is 2. The summed E-state index contributed by atoms with van der Waals surface area (Å²) in [5, 5.41) is 11.7. The SMILES string of the molecule is CC1CC(C)CN(c2cccc(C(N)=NO)n2)C1. The minimum atomic E-state index is 0.0509. The molecule has 0 saturated carbocycles. The summed E-state index contributed by atoms with van der Waals surface area (Å²) in [6.07, 6.45) is 1.26. The third-order valence-corrected chi connectivity index (χ3v) is 3.30. The van der Waals surface area contributed by atoms with E-state index in [0.29, 0.717) is 17.5 Å². The lowest BCUT2D eigenvalue weighted by atomic mass is 9.92. The Morgan fingerprint density at radius 3 is 2.67 bits per heavy atom. The number of nitrogens with zero attached hydrogens (tertiary/aromatic N) is 3. The molecule has 2 heterocycles. The Hall–Kier alpha value is -1.78. The molecule has 0 bridgehead atoms. The lowest BCUT2D eigenvalue weighted by molar-refractivity contribution is 0.318. The van der Waals surface area contributed by atoms with Crippen molar-refractivity contribution in [2.24, 2.45) is 22.7 Å². The highest BCUT2D eigenvalue weighted by molar-refractivity contribution is 5.95. The predicted molar refractivity (Wildman–Crippen MR) is 71.9 cm³/mol. The van der Waals surface area contributed by atoms with Gasteiger partial charge in [0.05, 0.1) is 0 Å². The molecule has 2 unspecified atom stereocenters. The van der Waals surface area contributed by atoms with Crippen LogP contribution in [0.15, 0.2) is 23.4 Å². The summed E-state index contributed by atoms with van der Waals surface area (Å²) in [6, 6.07) is 5.61. The predicted octanol–water partition coefficient (Wildman–Crippen LogP) is 1.66. The van der Waals surface area contributed by atoms with Crippen molar-refractivity contribution in [1.82, 2.24) is 4.98 Å². The summed E-state index contributed by atoms with van der Waals surface area (Å²) in [6.45, 7) is 6.54. The number of hydrogen-bond acceptors (Lipinski definition) is 4. The van der Waals surface area contributed by atoms with E-state index in [1.807, 2.05) is 12.1 Å². The highest BCUT2D eigenvalue weighted by Crippen LogP contribution is 2.24. The van der Waals surface area contributed by atoms with Gasteiger partial charge in [0.2, 0.25) is 0 Å². The first-order chi connectivity index (χ1) is 8.60. The van der Waals surface area contributed by atoms with Crippen molar-refractivity contribution < 1.29 is 5.21 Å². The second-order valence-corrected chi connectivity index (χ2v) is 5.22. The lowest BCUT2D eigenvalue weighted by Gasteiger charge is -2.35. The zero-order valence-electron chi connectivity index (χ0n) is 10.9. The Kier molecular flexibility index (Phi) is 3.69. The van der Waals surface area contributed by atoms with Crippen molar-refractivity contribution in [1.29, 1.82) is 0 Å². The number of aromatic nitrogens is 1. The van der Waals surface area contributed by atoms with Gasteiger partial charge < -0.3 is 15.8 Å². The van der Waals surface area contributed by atoms with Crippen LogP contribution in [0.25, 0.3) is 0 Å². The van der Waals surface area contributed by atoms with Crippen molar-refractivity contribution in [3.63, 3.8) is 0 Å². The number of nitrogens with two attached hydrogens (primary N) is 1. The van der Waals surface area contributed by atoms with Gasteiger partial charge in [-0.3, -0.25) is 0 Å². The molecule has 98 valence electrons. The summed E-state index contributed by atoms with van der Waals surface area (Å²) in [5.41, 5.74) is 6.08. The maximum absolute atomic E-state index is 8.68. The van der Waals surface area contributed by atoms with Crippen LogP contribution < -0.4 is 10.6 Å². The molecule has 3 N–H and O–H groups in total. The van der Waals surface area contributed by atoms with Gasteiger partial charge in [0.1, 0.15) is 11.5 Å². The monoisotopic (exact) mass is 248 g/mol. The second-order valence-electron chi connectivity index (χ2n) is 5.22. The van der Waals surface area contributed by atoms with Gasteiger partial charge in [-0.25, -0.2) is 4.98 Å². The van der Waals surface area contributed by atoms with E-state index in [4.69, 9.17) is 10.9 Å². The molecule has 1 aromatic heterocycles. The van der Waals surface area contributed by atoms with Crippen LogP contribution in [0.4, 0.5) is 5.82 Å². The van der Waals surface area contributed by atoms with Crippen LogP contribution in [0.5, 0.6) is 0 Å². The average molecular weight is 248 g/mol. The Labute approximate surface area is 107 Å². The summed E-state index contributed by atoms with van der Waals surface area (Å²) >= 11 is 0. The fourth-order valence-corrected chi connectivity index (χ4v) is 2.64. The Morgan fingerprint density at radius 1 is 1.39 bits per heavy atom. The fourth-order valence-electron chi connectivity index (χ4n) is 2.64. The van der Waals surface area contributed by atoms with E-state index in [9.17, 15) is 0 Å². The van der Waals surface area contributed by atoms with Crippen LogP contribution in [0.1, 0.15) is 26.0 Å². The lowest BCUT2D eigenvalue weighted by Crippen LogP contribution is -2.39. The molecule has 18 heavy (non-hydrogen) atoms. The molecule has 1 aliphatic rings. The molecular formula is C13H20N4O. The van der Waals surface area contributed by atoms with E-state index in [1.54, 1.807) is 6.07 Å². The Balaban J connectivity index is 2.22. The number of piperidine rings is 1. The summed E-state index contributed by atoms with van der Waals surface area (Å²) in [7, 11) is 0. The molecule has 0 radical (unpaired) electrons. The van der Waals surface area contributed by atoms with Gasteiger partial charge in [-0.1, -0.05) is 25.1 Å². The average Bonchev–Trinajstić information content (AvgIpc) is 2.37. The van der Waals surface area contributed by atoms with Gasteiger partial charge in [0.25, 0.3) is 0 Å². The molecular weight excluding hydrogens is 228 g/mol. The topological polar surface area (TPSA) is 74.7 Å². The molecule has 2 atom stereocenters. The van der Waals surface area contributed by atoms with Crippen LogP contribution in [-0.4, -0.2) is 29.1 Å². The van der Waals surface area contributed by atoms with Crippen molar-refractivity contribution in [3.05, 3.63) is 23.9 Å². The van der Waals surface area contributed by atoms with E-state index < -0.39 is 0 Å². The van der Waals surface area contributed by atoms with Crippen molar-refractivity contribution in [2.45, 2.75) is 20.3 Å². The van der Waals surface area contributed by atoms with Crippen LogP contribution >= 0.6 is 0 Å². The molecule has 1 saturated heterocycles. The number of pyridine rings is 1. The quantitative estimate of drug-likeness (QED) is 0.361. The van der Waals surface area contributed by atoms with E-state index in [2.05, 4.69) is 28.9 Å². The number of hydrogen-bond donors (Lipinski definition) is 2. The van der Waals surface area contributed by atoms with Gasteiger partial charge in [0.15, 0.2) is 5.84 Å².